The Kier molecular flexibility index (Phi) is 7.73. The Bertz CT molecular complexity index is 536. The van der Waals surface area contributed by atoms with E-state index in [0.29, 0.717) is 13.1 Å². The van der Waals surface area contributed by atoms with Gasteiger partial charge in [0.1, 0.15) is 5.82 Å². The number of likely N-dealkylation sites (tertiary alicyclic amines) is 1. The van der Waals surface area contributed by atoms with Crippen molar-refractivity contribution < 1.29 is 9.50 Å². The molecule has 1 aromatic carbocycles. The predicted octanol–water partition coefficient (Wildman–Crippen LogP) is 2.75. The summed E-state index contributed by atoms with van der Waals surface area (Å²) in [7, 11) is 0. The number of hydrogen-bond donors (Lipinski definition) is 2. The lowest BCUT2D eigenvalue weighted by molar-refractivity contribution is 0.187. The van der Waals surface area contributed by atoms with Gasteiger partial charge in [0.25, 0.3) is 0 Å². The first-order valence-corrected chi connectivity index (χ1v) is 7.90. The molecule has 2 N–H and O–H groups in total. The summed E-state index contributed by atoms with van der Waals surface area (Å²) in [4.78, 5) is 6.78. The highest BCUT2D eigenvalue weighted by molar-refractivity contribution is 14.0. The van der Waals surface area contributed by atoms with Gasteiger partial charge in [-0.25, -0.2) is 4.39 Å². The van der Waals surface area contributed by atoms with Crippen molar-refractivity contribution in [2.24, 2.45) is 4.99 Å². The van der Waals surface area contributed by atoms with E-state index < -0.39 is 0 Å². The van der Waals surface area contributed by atoms with Gasteiger partial charge in [-0.2, -0.15) is 0 Å². The molecule has 6 heteroatoms. The zero-order valence-electron chi connectivity index (χ0n) is 14.1. The van der Waals surface area contributed by atoms with Gasteiger partial charge < -0.3 is 15.3 Å². The molecule has 1 atom stereocenters. The monoisotopic (exact) mass is 435 g/mol. The molecule has 0 aromatic heterocycles. The number of rotatable bonds is 4. The van der Waals surface area contributed by atoms with Crippen molar-refractivity contribution in [1.29, 1.82) is 0 Å². The van der Waals surface area contributed by atoms with Gasteiger partial charge in [-0.15, -0.1) is 24.0 Å². The molecule has 4 nitrogen and oxygen atoms in total. The van der Waals surface area contributed by atoms with Crippen LogP contribution < -0.4 is 5.32 Å². The molecule has 1 aromatic rings. The number of β-amino-alcohol motifs (C(OH)–C–C–N with tert-alkyl or cyclic N) is 1. The van der Waals surface area contributed by atoms with Crippen LogP contribution in [0.3, 0.4) is 0 Å². The molecule has 0 spiro atoms. The van der Waals surface area contributed by atoms with Crippen molar-refractivity contribution in [3.05, 3.63) is 35.6 Å². The van der Waals surface area contributed by atoms with Gasteiger partial charge in [0.05, 0.1) is 12.6 Å². The molecule has 2 rings (SSSR count). The normalized spacial score (nSPS) is 18.7. The Balaban J connectivity index is 0.00000264. The van der Waals surface area contributed by atoms with Gasteiger partial charge in [-0.1, -0.05) is 26.0 Å². The van der Waals surface area contributed by atoms with E-state index in [2.05, 4.69) is 24.1 Å². The van der Waals surface area contributed by atoms with Crippen LogP contribution >= 0.6 is 24.0 Å². The minimum Gasteiger partial charge on any atom is -0.391 e. The van der Waals surface area contributed by atoms with Crippen molar-refractivity contribution in [3.63, 3.8) is 0 Å². The van der Waals surface area contributed by atoms with Crippen molar-refractivity contribution in [1.82, 2.24) is 10.2 Å². The molecule has 1 aliphatic rings. The molecule has 23 heavy (non-hydrogen) atoms. The first-order valence-electron chi connectivity index (χ1n) is 7.90. The molecular formula is C17H27FIN3O. The van der Waals surface area contributed by atoms with Gasteiger partial charge >= 0.3 is 0 Å². The first kappa shape index (κ1) is 20.2. The van der Waals surface area contributed by atoms with Gasteiger partial charge in [0.15, 0.2) is 5.96 Å². The van der Waals surface area contributed by atoms with E-state index in [-0.39, 0.29) is 41.3 Å². The topological polar surface area (TPSA) is 47.9 Å². The molecule has 1 aliphatic heterocycles. The van der Waals surface area contributed by atoms with E-state index >= 15 is 0 Å². The summed E-state index contributed by atoms with van der Waals surface area (Å²) in [6.07, 6.45) is 0.498. The van der Waals surface area contributed by atoms with Crippen molar-refractivity contribution >= 4 is 29.9 Å². The van der Waals surface area contributed by atoms with E-state index in [1.165, 1.54) is 6.07 Å². The smallest absolute Gasteiger partial charge is 0.194 e. The van der Waals surface area contributed by atoms with Crippen molar-refractivity contribution in [3.8, 4) is 0 Å². The second-order valence-corrected chi connectivity index (χ2v) is 6.45. The number of nitrogens with one attached hydrogen (secondary N) is 1. The van der Waals surface area contributed by atoms with E-state index in [0.717, 1.165) is 31.0 Å². The Labute approximate surface area is 155 Å². The maximum absolute atomic E-state index is 13.4. The van der Waals surface area contributed by atoms with Gasteiger partial charge in [0, 0.05) is 25.0 Å². The highest BCUT2D eigenvalue weighted by atomic mass is 127. The Morgan fingerprint density at radius 2 is 2.22 bits per heavy atom. The van der Waals surface area contributed by atoms with Crippen molar-refractivity contribution in [2.75, 3.05) is 26.2 Å². The highest BCUT2D eigenvalue weighted by Gasteiger charge is 2.25. The second-order valence-electron chi connectivity index (χ2n) is 6.45. The number of halogens is 2. The number of aliphatic hydroxyl groups excluding tert-OH is 1. The van der Waals surface area contributed by atoms with E-state index in [9.17, 15) is 9.50 Å². The van der Waals surface area contributed by atoms with Crippen LogP contribution in [0.5, 0.6) is 0 Å². The third kappa shape index (κ3) is 5.60. The third-order valence-electron chi connectivity index (χ3n) is 4.03. The van der Waals surface area contributed by atoms with Crippen molar-refractivity contribution in [2.45, 2.75) is 38.7 Å². The fraction of sp³-hybridized carbons (Fsp3) is 0.588. The third-order valence-corrected chi connectivity index (χ3v) is 4.03. The summed E-state index contributed by atoms with van der Waals surface area (Å²) in [6, 6.07) is 6.70. The number of nitrogens with zero attached hydrogens (tertiary/aromatic N) is 2. The summed E-state index contributed by atoms with van der Waals surface area (Å²) in [5.74, 6) is 0.604. The molecule has 0 bridgehead atoms. The minimum atomic E-state index is -0.278. The lowest BCUT2D eigenvalue weighted by Crippen LogP contribution is -2.41. The fourth-order valence-corrected chi connectivity index (χ4v) is 2.63. The van der Waals surface area contributed by atoms with E-state index in [1.807, 2.05) is 13.0 Å². The van der Waals surface area contributed by atoms with E-state index in [1.54, 1.807) is 12.1 Å². The molecule has 1 heterocycles. The van der Waals surface area contributed by atoms with E-state index in [4.69, 9.17) is 4.99 Å². The molecule has 0 saturated carbocycles. The molecule has 0 radical (unpaired) electrons. The van der Waals surface area contributed by atoms with Gasteiger partial charge in [-0.05, 0) is 31.0 Å². The Morgan fingerprint density at radius 1 is 1.48 bits per heavy atom. The molecule has 0 unspecified atom stereocenters. The van der Waals surface area contributed by atoms with Crippen LogP contribution in [0, 0.1) is 5.82 Å². The van der Waals surface area contributed by atoms with Crippen LogP contribution in [0.2, 0.25) is 0 Å². The quantitative estimate of drug-likeness (QED) is 0.435. The average Bonchev–Trinajstić information content (AvgIpc) is 2.90. The Hall–Kier alpha value is -0.890. The summed E-state index contributed by atoms with van der Waals surface area (Å²) < 4.78 is 13.4. The van der Waals surface area contributed by atoms with Crippen LogP contribution in [-0.4, -0.2) is 48.2 Å². The maximum Gasteiger partial charge on any atom is 0.194 e. The Morgan fingerprint density at radius 3 is 2.78 bits per heavy atom. The number of hydrogen-bond acceptors (Lipinski definition) is 2. The molecule has 1 fully saturated rings. The van der Waals surface area contributed by atoms with Crippen LogP contribution in [0.15, 0.2) is 29.3 Å². The predicted molar refractivity (Wildman–Crippen MR) is 103 cm³/mol. The van der Waals surface area contributed by atoms with Crippen LogP contribution in [0.4, 0.5) is 4.39 Å². The number of aliphatic hydroxyl groups is 1. The van der Waals surface area contributed by atoms with Gasteiger partial charge in [-0.3, -0.25) is 4.99 Å². The molecule has 1 saturated heterocycles. The zero-order chi connectivity index (χ0) is 16.2. The van der Waals surface area contributed by atoms with Crippen LogP contribution in [0.1, 0.15) is 32.8 Å². The number of guanidine groups is 1. The largest absolute Gasteiger partial charge is 0.391 e. The number of benzene rings is 1. The summed E-state index contributed by atoms with van der Waals surface area (Å²) in [6.45, 7) is 8.93. The van der Waals surface area contributed by atoms with Crippen LogP contribution in [-0.2, 0) is 5.41 Å². The second kappa shape index (κ2) is 8.82. The lowest BCUT2D eigenvalue weighted by Gasteiger charge is -2.26. The standard InChI is InChI=1S/C17H26FN3O.HI/c1-4-19-16(21-9-8-15(22)11-21)20-12-17(2,3)13-6-5-7-14(18)10-13;/h5-7,10,15,22H,4,8-9,11-12H2,1-3H3,(H,19,20);1H/t15-;/m1./s1. The first-order chi connectivity index (χ1) is 10.4. The molecule has 0 aliphatic carbocycles. The van der Waals surface area contributed by atoms with Crippen LogP contribution in [0.25, 0.3) is 0 Å². The zero-order valence-corrected chi connectivity index (χ0v) is 16.4. The summed E-state index contributed by atoms with van der Waals surface area (Å²) >= 11 is 0. The molecule has 0 amide bonds. The lowest BCUT2D eigenvalue weighted by atomic mass is 9.85. The summed E-state index contributed by atoms with van der Waals surface area (Å²) in [5, 5.41) is 13.0. The fourth-order valence-electron chi connectivity index (χ4n) is 2.63. The maximum atomic E-state index is 13.4. The average molecular weight is 435 g/mol. The molecule has 130 valence electrons. The summed E-state index contributed by atoms with van der Waals surface area (Å²) in [5.41, 5.74) is 0.690. The SMILES string of the molecule is CCNC(=NCC(C)(C)c1cccc(F)c1)N1CC[C@@H](O)C1.I. The minimum absolute atomic E-state index is 0. The number of aliphatic imine (C=N–C) groups is 1. The highest BCUT2D eigenvalue weighted by Crippen LogP contribution is 2.24. The van der Waals surface area contributed by atoms with Gasteiger partial charge in [0.2, 0.25) is 0 Å². The molecular weight excluding hydrogens is 408 g/mol.